The fraction of sp³-hybridized carbons (Fsp3) is 0.100. The molecule has 0 N–H and O–H groups in total. The van der Waals surface area contributed by atoms with Crippen molar-refractivity contribution in [3.63, 3.8) is 0 Å². The van der Waals surface area contributed by atoms with Crippen LogP contribution in [0.1, 0.15) is 11.1 Å². The zero-order valence-electron chi connectivity index (χ0n) is 14.4. The molecule has 5 nitrogen and oxygen atoms in total. The third-order valence-corrected chi connectivity index (χ3v) is 4.34. The third kappa shape index (κ3) is 2.97. The van der Waals surface area contributed by atoms with E-state index in [2.05, 4.69) is 20.4 Å². The van der Waals surface area contributed by atoms with Crippen molar-refractivity contribution in [1.82, 2.24) is 25.2 Å². The van der Waals surface area contributed by atoms with Gasteiger partial charge in [-0.25, -0.2) is 4.39 Å². The van der Waals surface area contributed by atoms with Crippen LogP contribution in [0.5, 0.6) is 0 Å². The number of halogens is 1. The first-order chi connectivity index (χ1) is 12.6. The number of pyridine rings is 1. The molecule has 0 aliphatic rings. The van der Waals surface area contributed by atoms with Crippen LogP contribution in [-0.4, -0.2) is 25.2 Å². The van der Waals surface area contributed by atoms with E-state index in [4.69, 9.17) is 0 Å². The lowest BCUT2D eigenvalue weighted by Crippen LogP contribution is -2.01. The summed E-state index contributed by atoms with van der Waals surface area (Å²) in [5, 5.41) is 12.4. The van der Waals surface area contributed by atoms with Gasteiger partial charge in [0.1, 0.15) is 11.5 Å². The molecule has 0 amide bonds. The molecule has 0 spiro atoms. The lowest BCUT2D eigenvalue weighted by atomic mass is 9.97. The number of hydrogen-bond donors (Lipinski definition) is 0. The van der Waals surface area contributed by atoms with Crippen LogP contribution in [0.15, 0.2) is 60.8 Å². The summed E-state index contributed by atoms with van der Waals surface area (Å²) in [5.74, 6) is 0.0400. The maximum absolute atomic E-state index is 14.3. The molecule has 0 atom stereocenters. The first-order valence-corrected chi connectivity index (χ1v) is 8.21. The molecule has 6 heteroatoms. The standard InChI is InChI=1S/C20H16FN5/c1-13-6-5-7-18(14(13)2)15-10-16(21)12-17(11-15)26-24-20(23-25-26)19-8-3-4-9-22-19/h3-12H,1-2H3. The summed E-state index contributed by atoms with van der Waals surface area (Å²) in [7, 11) is 0. The second kappa shape index (κ2) is 6.48. The predicted molar refractivity (Wildman–Crippen MR) is 97.3 cm³/mol. The van der Waals surface area contributed by atoms with E-state index in [9.17, 15) is 4.39 Å². The van der Waals surface area contributed by atoms with Crippen LogP contribution in [0, 0.1) is 19.7 Å². The van der Waals surface area contributed by atoms with Gasteiger partial charge >= 0.3 is 0 Å². The van der Waals surface area contributed by atoms with Crippen molar-refractivity contribution in [2.24, 2.45) is 0 Å². The highest BCUT2D eigenvalue weighted by Crippen LogP contribution is 2.28. The monoisotopic (exact) mass is 345 g/mol. The molecular weight excluding hydrogens is 329 g/mol. The van der Waals surface area contributed by atoms with E-state index in [-0.39, 0.29) is 5.82 Å². The Morgan fingerprint density at radius 1 is 0.962 bits per heavy atom. The maximum Gasteiger partial charge on any atom is 0.223 e. The molecular formula is C20H16FN5. The number of tetrazole rings is 1. The van der Waals surface area contributed by atoms with E-state index in [0.717, 1.165) is 22.3 Å². The smallest absolute Gasteiger partial charge is 0.223 e. The third-order valence-electron chi connectivity index (χ3n) is 4.34. The Bertz CT molecular complexity index is 1070. The first-order valence-electron chi connectivity index (χ1n) is 8.21. The minimum atomic E-state index is -0.352. The topological polar surface area (TPSA) is 56.5 Å². The minimum absolute atomic E-state index is 0.352. The highest BCUT2D eigenvalue weighted by atomic mass is 19.1. The van der Waals surface area contributed by atoms with Gasteiger partial charge in [-0.15, -0.1) is 15.0 Å². The summed E-state index contributed by atoms with van der Waals surface area (Å²) < 4.78 is 14.3. The van der Waals surface area contributed by atoms with Crippen molar-refractivity contribution in [3.05, 3.63) is 77.7 Å². The molecule has 0 radical (unpaired) electrons. The SMILES string of the molecule is Cc1cccc(-c2cc(F)cc(-n3nnc(-c4ccccn4)n3)c2)c1C. The van der Waals surface area contributed by atoms with Gasteiger partial charge in [0, 0.05) is 12.3 Å². The highest BCUT2D eigenvalue weighted by molar-refractivity contribution is 5.70. The van der Waals surface area contributed by atoms with E-state index in [1.54, 1.807) is 12.3 Å². The second-order valence-electron chi connectivity index (χ2n) is 6.06. The molecule has 0 unspecified atom stereocenters. The highest BCUT2D eigenvalue weighted by Gasteiger charge is 2.12. The van der Waals surface area contributed by atoms with Crippen molar-refractivity contribution in [1.29, 1.82) is 0 Å². The van der Waals surface area contributed by atoms with Crippen LogP contribution < -0.4 is 0 Å². The molecule has 0 saturated heterocycles. The molecule has 2 heterocycles. The van der Waals surface area contributed by atoms with Crippen LogP contribution in [0.4, 0.5) is 4.39 Å². The van der Waals surface area contributed by atoms with E-state index < -0.39 is 0 Å². The summed E-state index contributed by atoms with van der Waals surface area (Å²) >= 11 is 0. The van der Waals surface area contributed by atoms with Crippen molar-refractivity contribution < 1.29 is 4.39 Å². The normalized spacial score (nSPS) is 10.9. The van der Waals surface area contributed by atoms with Gasteiger partial charge in [0.05, 0.1) is 5.69 Å². The van der Waals surface area contributed by atoms with Gasteiger partial charge in [-0.2, -0.15) is 0 Å². The summed E-state index contributed by atoms with van der Waals surface area (Å²) in [6, 6.07) is 16.2. The summed E-state index contributed by atoms with van der Waals surface area (Å²) in [5.41, 5.74) is 5.16. The minimum Gasteiger partial charge on any atom is -0.253 e. The van der Waals surface area contributed by atoms with Crippen LogP contribution in [0.2, 0.25) is 0 Å². The molecule has 128 valence electrons. The number of hydrogen-bond acceptors (Lipinski definition) is 4. The molecule has 0 aliphatic heterocycles. The van der Waals surface area contributed by atoms with Crippen LogP contribution in [0.25, 0.3) is 28.3 Å². The molecule has 2 aromatic heterocycles. The van der Waals surface area contributed by atoms with E-state index in [1.165, 1.54) is 16.9 Å². The Morgan fingerprint density at radius 2 is 1.85 bits per heavy atom. The number of nitrogens with zero attached hydrogens (tertiary/aromatic N) is 5. The maximum atomic E-state index is 14.3. The molecule has 2 aromatic carbocycles. The number of aromatic nitrogens is 5. The largest absolute Gasteiger partial charge is 0.253 e. The quantitative estimate of drug-likeness (QED) is 0.560. The van der Waals surface area contributed by atoms with Crippen LogP contribution >= 0.6 is 0 Å². The average Bonchev–Trinajstić information content (AvgIpc) is 3.14. The fourth-order valence-electron chi connectivity index (χ4n) is 2.83. The Kier molecular flexibility index (Phi) is 4.01. The Hall–Kier alpha value is -3.41. The Labute approximate surface area is 150 Å². The van der Waals surface area contributed by atoms with Gasteiger partial charge in [0.2, 0.25) is 5.82 Å². The summed E-state index contributed by atoms with van der Waals surface area (Å²) in [4.78, 5) is 5.53. The van der Waals surface area contributed by atoms with Crippen molar-refractivity contribution >= 4 is 0 Å². The molecule has 0 aliphatic carbocycles. The van der Waals surface area contributed by atoms with E-state index >= 15 is 0 Å². The zero-order chi connectivity index (χ0) is 18.1. The molecule has 0 bridgehead atoms. The Morgan fingerprint density at radius 3 is 2.65 bits per heavy atom. The average molecular weight is 345 g/mol. The summed E-state index contributed by atoms with van der Waals surface area (Å²) in [6.45, 7) is 4.07. The van der Waals surface area contributed by atoms with E-state index in [0.29, 0.717) is 17.2 Å². The number of rotatable bonds is 3. The van der Waals surface area contributed by atoms with Gasteiger partial charge in [-0.1, -0.05) is 24.3 Å². The van der Waals surface area contributed by atoms with Crippen molar-refractivity contribution in [3.8, 4) is 28.3 Å². The zero-order valence-corrected chi connectivity index (χ0v) is 14.4. The van der Waals surface area contributed by atoms with Gasteiger partial charge in [-0.05, 0) is 65.6 Å². The lowest BCUT2D eigenvalue weighted by molar-refractivity contribution is 0.621. The van der Waals surface area contributed by atoms with Crippen molar-refractivity contribution in [2.45, 2.75) is 13.8 Å². The molecule has 4 aromatic rings. The fourth-order valence-corrected chi connectivity index (χ4v) is 2.83. The first kappa shape index (κ1) is 16.1. The van der Waals surface area contributed by atoms with E-state index in [1.807, 2.05) is 50.2 Å². The van der Waals surface area contributed by atoms with Gasteiger partial charge < -0.3 is 0 Å². The number of aryl methyl sites for hydroxylation is 1. The molecule has 0 saturated carbocycles. The van der Waals surface area contributed by atoms with Crippen molar-refractivity contribution in [2.75, 3.05) is 0 Å². The number of benzene rings is 2. The van der Waals surface area contributed by atoms with Crippen LogP contribution in [-0.2, 0) is 0 Å². The summed E-state index contributed by atoms with van der Waals surface area (Å²) in [6.07, 6.45) is 1.66. The lowest BCUT2D eigenvalue weighted by Gasteiger charge is -2.10. The van der Waals surface area contributed by atoms with Gasteiger partial charge in [0.15, 0.2) is 0 Å². The Balaban J connectivity index is 1.78. The van der Waals surface area contributed by atoms with Crippen LogP contribution in [0.3, 0.4) is 0 Å². The predicted octanol–water partition coefficient (Wildman–Crippen LogP) is 4.15. The van der Waals surface area contributed by atoms with Gasteiger partial charge in [0.25, 0.3) is 0 Å². The molecule has 4 rings (SSSR count). The molecule has 26 heavy (non-hydrogen) atoms. The molecule has 0 fully saturated rings. The second-order valence-corrected chi connectivity index (χ2v) is 6.06. The van der Waals surface area contributed by atoms with Gasteiger partial charge in [-0.3, -0.25) is 4.98 Å².